The topological polar surface area (TPSA) is 16.1 Å². The SMILES string of the molecule is CN(C)Cc1cncs1. The van der Waals surface area contributed by atoms with Crippen LogP contribution in [0.15, 0.2) is 11.7 Å². The fourth-order valence-electron chi connectivity index (χ4n) is 0.632. The maximum absolute atomic E-state index is 3.97. The van der Waals surface area contributed by atoms with Crippen molar-refractivity contribution in [1.29, 1.82) is 0 Å². The average Bonchev–Trinajstić information content (AvgIpc) is 2.15. The molecule has 0 radical (unpaired) electrons. The molecule has 0 atom stereocenters. The normalized spacial score (nSPS) is 10.6. The molecule has 0 fully saturated rings. The summed E-state index contributed by atoms with van der Waals surface area (Å²) in [5.41, 5.74) is 1.86. The third-order valence-corrected chi connectivity index (χ3v) is 1.72. The van der Waals surface area contributed by atoms with Crippen LogP contribution in [0.4, 0.5) is 0 Å². The minimum Gasteiger partial charge on any atom is -0.304 e. The Morgan fingerprint density at radius 1 is 1.67 bits per heavy atom. The zero-order chi connectivity index (χ0) is 6.69. The smallest absolute Gasteiger partial charge is 0.0794 e. The van der Waals surface area contributed by atoms with Gasteiger partial charge >= 0.3 is 0 Å². The van der Waals surface area contributed by atoms with E-state index in [4.69, 9.17) is 0 Å². The molecule has 0 unspecified atom stereocenters. The van der Waals surface area contributed by atoms with E-state index >= 15 is 0 Å². The fraction of sp³-hybridized carbons (Fsp3) is 0.500. The van der Waals surface area contributed by atoms with Crippen LogP contribution in [0.5, 0.6) is 0 Å². The zero-order valence-electron chi connectivity index (χ0n) is 5.66. The van der Waals surface area contributed by atoms with Crippen molar-refractivity contribution < 1.29 is 0 Å². The summed E-state index contributed by atoms with van der Waals surface area (Å²) in [6, 6.07) is 0. The molecule has 3 heteroatoms. The minimum atomic E-state index is 1.00. The maximum Gasteiger partial charge on any atom is 0.0794 e. The fourth-order valence-corrected chi connectivity index (χ4v) is 1.34. The molecule has 0 aromatic carbocycles. The molecule has 0 saturated heterocycles. The van der Waals surface area contributed by atoms with Crippen molar-refractivity contribution in [2.75, 3.05) is 14.1 Å². The molecule has 2 nitrogen and oxygen atoms in total. The van der Waals surface area contributed by atoms with E-state index < -0.39 is 0 Å². The van der Waals surface area contributed by atoms with Gasteiger partial charge in [0.05, 0.1) is 5.51 Å². The largest absolute Gasteiger partial charge is 0.304 e. The molecule has 0 amide bonds. The molecule has 9 heavy (non-hydrogen) atoms. The molecule has 50 valence electrons. The van der Waals surface area contributed by atoms with Gasteiger partial charge in [-0.2, -0.15) is 0 Å². The molecule has 1 heterocycles. The monoisotopic (exact) mass is 142 g/mol. The molecule has 0 N–H and O–H groups in total. The molecular formula is C6H10N2S. The van der Waals surface area contributed by atoms with E-state index in [0.29, 0.717) is 0 Å². The summed E-state index contributed by atoms with van der Waals surface area (Å²) in [7, 11) is 4.11. The molecule has 0 aliphatic heterocycles. The van der Waals surface area contributed by atoms with Crippen LogP contribution in [0.1, 0.15) is 4.88 Å². The Balaban J connectivity index is 2.48. The van der Waals surface area contributed by atoms with Crippen molar-refractivity contribution in [1.82, 2.24) is 9.88 Å². The summed E-state index contributed by atoms with van der Waals surface area (Å²) in [6.45, 7) is 1.00. The Bertz CT molecular complexity index is 158. The van der Waals surface area contributed by atoms with Gasteiger partial charge < -0.3 is 4.90 Å². The van der Waals surface area contributed by atoms with E-state index in [2.05, 4.69) is 24.0 Å². The lowest BCUT2D eigenvalue weighted by molar-refractivity contribution is 0.406. The Morgan fingerprint density at radius 3 is 2.89 bits per heavy atom. The zero-order valence-corrected chi connectivity index (χ0v) is 6.48. The molecule has 0 bridgehead atoms. The van der Waals surface area contributed by atoms with E-state index in [1.807, 2.05) is 11.7 Å². The number of rotatable bonds is 2. The summed E-state index contributed by atoms with van der Waals surface area (Å²) in [5, 5.41) is 0. The van der Waals surface area contributed by atoms with Gasteiger partial charge in [0.1, 0.15) is 0 Å². The van der Waals surface area contributed by atoms with Gasteiger partial charge in [-0.15, -0.1) is 11.3 Å². The van der Waals surface area contributed by atoms with Gasteiger partial charge in [0.25, 0.3) is 0 Å². The van der Waals surface area contributed by atoms with Crippen LogP contribution in [-0.2, 0) is 6.54 Å². The lowest BCUT2D eigenvalue weighted by atomic mass is 10.5. The molecule has 1 aromatic rings. The second-order valence-electron chi connectivity index (χ2n) is 2.21. The second kappa shape index (κ2) is 2.94. The van der Waals surface area contributed by atoms with Crippen molar-refractivity contribution in [2.24, 2.45) is 0 Å². The Morgan fingerprint density at radius 2 is 2.44 bits per heavy atom. The molecule has 1 aromatic heterocycles. The number of thiazole rings is 1. The number of aromatic nitrogens is 1. The molecule has 0 saturated carbocycles. The molecule has 0 spiro atoms. The van der Waals surface area contributed by atoms with Gasteiger partial charge in [0.2, 0.25) is 0 Å². The average molecular weight is 142 g/mol. The highest BCUT2D eigenvalue weighted by molar-refractivity contribution is 7.09. The Hall–Kier alpha value is -0.410. The second-order valence-corrected chi connectivity index (χ2v) is 3.18. The maximum atomic E-state index is 3.97. The summed E-state index contributed by atoms with van der Waals surface area (Å²) < 4.78 is 0. The highest BCUT2D eigenvalue weighted by Crippen LogP contribution is 2.06. The van der Waals surface area contributed by atoms with Crippen LogP contribution in [0, 0.1) is 0 Å². The van der Waals surface area contributed by atoms with Crippen molar-refractivity contribution in [3.05, 3.63) is 16.6 Å². The van der Waals surface area contributed by atoms with Gasteiger partial charge in [0.15, 0.2) is 0 Å². The first-order valence-corrected chi connectivity index (χ1v) is 3.69. The van der Waals surface area contributed by atoms with Crippen molar-refractivity contribution in [3.63, 3.8) is 0 Å². The van der Waals surface area contributed by atoms with Gasteiger partial charge in [-0.25, -0.2) is 0 Å². The third kappa shape index (κ3) is 2.11. The first-order chi connectivity index (χ1) is 4.29. The molecule has 0 aliphatic carbocycles. The van der Waals surface area contributed by atoms with Gasteiger partial charge in [-0.05, 0) is 14.1 Å². The first kappa shape index (κ1) is 6.71. The highest BCUT2D eigenvalue weighted by Gasteiger charge is 1.93. The third-order valence-electron chi connectivity index (χ3n) is 0.956. The minimum absolute atomic E-state index is 1.00. The van der Waals surface area contributed by atoms with Crippen LogP contribution >= 0.6 is 11.3 Å². The summed E-state index contributed by atoms with van der Waals surface area (Å²) in [5.74, 6) is 0. The summed E-state index contributed by atoms with van der Waals surface area (Å²) in [4.78, 5) is 7.42. The van der Waals surface area contributed by atoms with Crippen LogP contribution in [0.25, 0.3) is 0 Å². The molecular weight excluding hydrogens is 132 g/mol. The van der Waals surface area contributed by atoms with E-state index in [0.717, 1.165) is 6.54 Å². The van der Waals surface area contributed by atoms with Crippen LogP contribution in [0.3, 0.4) is 0 Å². The number of hydrogen-bond donors (Lipinski definition) is 0. The van der Waals surface area contributed by atoms with E-state index in [1.165, 1.54) is 4.88 Å². The van der Waals surface area contributed by atoms with Gasteiger partial charge in [-0.1, -0.05) is 0 Å². The van der Waals surface area contributed by atoms with Crippen molar-refractivity contribution in [3.8, 4) is 0 Å². The van der Waals surface area contributed by atoms with Crippen molar-refractivity contribution in [2.45, 2.75) is 6.54 Å². The van der Waals surface area contributed by atoms with E-state index in [9.17, 15) is 0 Å². The first-order valence-electron chi connectivity index (χ1n) is 2.81. The summed E-state index contributed by atoms with van der Waals surface area (Å²) >= 11 is 1.70. The van der Waals surface area contributed by atoms with Crippen LogP contribution < -0.4 is 0 Å². The van der Waals surface area contributed by atoms with Crippen LogP contribution in [-0.4, -0.2) is 24.0 Å². The molecule has 1 rings (SSSR count). The van der Waals surface area contributed by atoms with E-state index in [1.54, 1.807) is 11.3 Å². The van der Waals surface area contributed by atoms with Gasteiger partial charge in [0, 0.05) is 17.6 Å². The highest BCUT2D eigenvalue weighted by atomic mass is 32.1. The predicted octanol–water partition coefficient (Wildman–Crippen LogP) is 1.20. The quantitative estimate of drug-likeness (QED) is 0.617. The Labute approximate surface area is 59.1 Å². The molecule has 0 aliphatic rings. The number of nitrogens with zero attached hydrogens (tertiary/aromatic N) is 2. The standard InChI is InChI=1S/C6H10N2S/c1-8(2)4-6-3-7-5-9-6/h3,5H,4H2,1-2H3. The predicted molar refractivity (Wildman–Crippen MR) is 39.5 cm³/mol. The van der Waals surface area contributed by atoms with E-state index in [-0.39, 0.29) is 0 Å². The Kier molecular flexibility index (Phi) is 2.19. The van der Waals surface area contributed by atoms with Crippen LogP contribution in [0.2, 0.25) is 0 Å². The number of hydrogen-bond acceptors (Lipinski definition) is 3. The lowest BCUT2D eigenvalue weighted by Crippen LogP contribution is -2.09. The summed E-state index contributed by atoms with van der Waals surface area (Å²) in [6.07, 6.45) is 1.91. The van der Waals surface area contributed by atoms with Gasteiger partial charge in [-0.3, -0.25) is 4.98 Å². The lowest BCUT2D eigenvalue weighted by Gasteiger charge is -2.04. The van der Waals surface area contributed by atoms with Crippen molar-refractivity contribution >= 4 is 11.3 Å².